The van der Waals surface area contributed by atoms with Gasteiger partial charge in [0.1, 0.15) is 0 Å². The summed E-state index contributed by atoms with van der Waals surface area (Å²) in [6, 6.07) is 1.71. The molecule has 0 aromatic carbocycles. The van der Waals surface area contributed by atoms with Crippen LogP contribution in [0.5, 0.6) is 0 Å². The SMILES string of the molecule is CS[C@H]1CN(c2ncc(Cl)cc2[N+](=O)[O-])C[C@@H]1N(C)C. The molecule has 8 heteroatoms. The van der Waals surface area contributed by atoms with Crippen molar-refractivity contribution in [2.45, 2.75) is 11.3 Å². The van der Waals surface area contributed by atoms with E-state index in [2.05, 4.69) is 16.1 Å². The van der Waals surface area contributed by atoms with E-state index < -0.39 is 4.92 Å². The van der Waals surface area contributed by atoms with Crippen LogP contribution >= 0.6 is 23.4 Å². The Bertz CT molecular complexity index is 514. The van der Waals surface area contributed by atoms with Crippen LogP contribution in [0.1, 0.15) is 0 Å². The van der Waals surface area contributed by atoms with Crippen molar-refractivity contribution < 1.29 is 4.92 Å². The van der Waals surface area contributed by atoms with Crippen LogP contribution in [0, 0.1) is 10.1 Å². The van der Waals surface area contributed by atoms with E-state index in [0.717, 1.165) is 13.1 Å². The molecule has 0 radical (unpaired) electrons. The fourth-order valence-electron chi connectivity index (χ4n) is 2.46. The maximum atomic E-state index is 11.2. The van der Waals surface area contributed by atoms with Crippen LogP contribution in [0.2, 0.25) is 5.02 Å². The number of rotatable bonds is 4. The van der Waals surface area contributed by atoms with Crippen molar-refractivity contribution in [3.05, 3.63) is 27.4 Å². The third-order valence-corrected chi connectivity index (χ3v) is 4.79. The van der Waals surface area contributed by atoms with Gasteiger partial charge in [0.25, 0.3) is 0 Å². The molecule has 1 aliphatic heterocycles. The number of anilines is 1. The zero-order valence-corrected chi connectivity index (χ0v) is 13.2. The molecule has 2 rings (SSSR count). The second-order valence-corrected chi connectivity index (χ2v) is 6.48. The highest BCUT2D eigenvalue weighted by atomic mass is 35.5. The van der Waals surface area contributed by atoms with Gasteiger partial charge >= 0.3 is 5.69 Å². The first-order valence-corrected chi connectivity index (χ1v) is 7.84. The third-order valence-electron chi connectivity index (χ3n) is 3.51. The van der Waals surface area contributed by atoms with Gasteiger partial charge in [-0.2, -0.15) is 11.8 Å². The van der Waals surface area contributed by atoms with Crippen LogP contribution in [0.4, 0.5) is 11.5 Å². The van der Waals surface area contributed by atoms with E-state index in [-0.39, 0.29) is 10.7 Å². The maximum Gasteiger partial charge on any atom is 0.313 e. The highest BCUT2D eigenvalue weighted by molar-refractivity contribution is 7.99. The summed E-state index contributed by atoms with van der Waals surface area (Å²) in [5.41, 5.74) is -0.0308. The predicted octanol–water partition coefficient (Wildman–Crippen LogP) is 2.12. The Kier molecular flexibility index (Phi) is 4.72. The smallest absolute Gasteiger partial charge is 0.313 e. The molecule has 0 bridgehead atoms. The van der Waals surface area contributed by atoms with Crippen molar-refractivity contribution in [1.82, 2.24) is 9.88 Å². The number of pyridine rings is 1. The number of hydrogen-bond acceptors (Lipinski definition) is 6. The molecule has 0 saturated carbocycles. The standard InChI is InChI=1S/C12H17ClN4O2S/c1-15(2)10-6-16(7-11(10)20-3)12-9(17(18)19)4-8(13)5-14-12/h4-5,10-11H,6-7H2,1-3H3/t10-,11-/m0/s1. The quantitative estimate of drug-likeness (QED) is 0.626. The molecule has 1 aromatic rings. The lowest BCUT2D eigenvalue weighted by molar-refractivity contribution is -0.384. The number of likely N-dealkylation sites (N-methyl/N-ethyl adjacent to an activating group) is 1. The van der Waals surface area contributed by atoms with Gasteiger partial charge in [-0.15, -0.1) is 0 Å². The van der Waals surface area contributed by atoms with E-state index >= 15 is 0 Å². The molecule has 0 N–H and O–H groups in total. The van der Waals surface area contributed by atoms with Crippen LogP contribution in [0.25, 0.3) is 0 Å². The third kappa shape index (κ3) is 2.99. The van der Waals surface area contributed by atoms with Gasteiger partial charge in [-0.25, -0.2) is 4.98 Å². The van der Waals surface area contributed by atoms with Gasteiger partial charge in [-0.05, 0) is 20.4 Å². The molecule has 20 heavy (non-hydrogen) atoms. The zero-order valence-electron chi connectivity index (χ0n) is 11.6. The van der Waals surface area contributed by atoms with Gasteiger partial charge in [-0.1, -0.05) is 11.6 Å². The summed E-state index contributed by atoms with van der Waals surface area (Å²) < 4.78 is 0. The molecule has 1 saturated heterocycles. The fourth-order valence-corrected chi connectivity index (χ4v) is 3.58. The van der Waals surface area contributed by atoms with E-state index in [1.807, 2.05) is 19.0 Å². The second-order valence-electron chi connectivity index (χ2n) is 4.96. The molecule has 0 amide bonds. The average Bonchev–Trinajstić information content (AvgIpc) is 2.82. The summed E-state index contributed by atoms with van der Waals surface area (Å²) in [6.07, 6.45) is 3.52. The Morgan fingerprint density at radius 1 is 1.55 bits per heavy atom. The van der Waals surface area contributed by atoms with E-state index in [1.54, 1.807) is 11.8 Å². The van der Waals surface area contributed by atoms with Crippen molar-refractivity contribution in [2.24, 2.45) is 0 Å². The molecular formula is C12H17ClN4O2S. The van der Waals surface area contributed by atoms with Gasteiger partial charge in [0.2, 0.25) is 5.82 Å². The lowest BCUT2D eigenvalue weighted by Gasteiger charge is -2.23. The molecular weight excluding hydrogens is 300 g/mol. The largest absolute Gasteiger partial charge is 0.348 e. The van der Waals surface area contributed by atoms with Crippen LogP contribution in [-0.2, 0) is 0 Å². The lowest BCUT2D eigenvalue weighted by Crippen LogP contribution is -2.36. The minimum absolute atomic E-state index is 0.0308. The average molecular weight is 317 g/mol. The maximum absolute atomic E-state index is 11.2. The normalized spacial score (nSPS) is 22.6. The minimum Gasteiger partial charge on any atom is -0.348 e. The molecule has 6 nitrogen and oxygen atoms in total. The van der Waals surface area contributed by atoms with E-state index in [4.69, 9.17) is 11.6 Å². The highest BCUT2D eigenvalue weighted by Gasteiger charge is 2.36. The molecule has 1 fully saturated rings. The summed E-state index contributed by atoms with van der Waals surface area (Å²) in [4.78, 5) is 19.0. The Morgan fingerprint density at radius 3 is 2.75 bits per heavy atom. The highest BCUT2D eigenvalue weighted by Crippen LogP contribution is 2.33. The summed E-state index contributed by atoms with van der Waals surface area (Å²) in [7, 11) is 4.06. The number of halogens is 1. The Hall–Kier alpha value is -1.05. The van der Waals surface area contributed by atoms with Gasteiger partial charge in [-0.3, -0.25) is 10.1 Å². The molecule has 1 aliphatic rings. The molecule has 0 spiro atoms. The number of nitrogens with zero attached hydrogens (tertiary/aromatic N) is 4. The summed E-state index contributed by atoms with van der Waals surface area (Å²) >= 11 is 7.58. The van der Waals surface area contributed by atoms with Gasteiger partial charge < -0.3 is 9.80 Å². The van der Waals surface area contributed by atoms with Crippen LogP contribution in [-0.4, -0.2) is 59.5 Å². The molecule has 2 heterocycles. The first kappa shape index (κ1) is 15.3. The topological polar surface area (TPSA) is 62.5 Å². The molecule has 0 unspecified atom stereocenters. The number of aromatic nitrogens is 1. The van der Waals surface area contributed by atoms with Crippen molar-refractivity contribution >= 4 is 34.9 Å². The predicted molar refractivity (Wildman–Crippen MR) is 82.9 cm³/mol. The van der Waals surface area contributed by atoms with Crippen molar-refractivity contribution in [1.29, 1.82) is 0 Å². The monoisotopic (exact) mass is 316 g/mol. The van der Waals surface area contributed by atoms with Crippen LogP contribution < -0.4 is 4.90 Å². The molecule has 1 aromatic heterocycles. The summed E-state index contributed by atoms with van der Waals surface area (Å²) in [5.74, 6) is 0.405. The minimum atomic E-state index is -0.425. The number of thioether (sulfide) groups is 1. The second kappa shape index (κ2) is 6.15. The molecule has 0 aliphatic carbocycles. The first-order chi connectivity index (χ1) is 9.43. The van der Waals surface area contributed by atoms with Crippen molar-refractivity contribution in [3.63, 3.8) is 0 Å². The Balaban J connectivity index is 2.31. The fraction of sp³-hybridized carbons (Fsp3) is 0.583. The van der Waals surface area contributed by atoms with E-state index in [9.17, 15) is 10.1 Å². The number of hydrogen-bond donors (Lipinski definition) is 0. The number of nitro groups is 1. The van der Waals surface area contributed by atoms with Gasteiger partial charge in [0, 0.05) is 36.6 Å². The van der Waals surface area contributed by atoms with E-state index in [0.29, 0.717) is 17.1 Å². The van der Waals surface area contributed by atoms with Gasteiger partial charge in [0.15, 0.2) is 0 Å². The van der Waals surface area contributed by atoms with Gasteiger partial charge in [0.05, 0.1) is 9.95 Å². The summed E-state index contributed by atoms with van der Waals surface area (Å²) in [5, 5.41) is 11.8. The van der Waals surface area contributed by atoms with E-state index in [1.165, 1.54) is 12.3 Å². The molecule has 110 valence electrons. The van der Waals surface area contributed by atoms with Crippen LogP contribution in [0.3, 0.4) is 0 Å². The van der Waals surface area contributed by atoms with Crippen molar-refractivity contribution in [3.8, 4) is 0 Å². The first-order valence-electron chi connectivity index (χ1n) is 6.18. The zero-order chi connectivity index (χ0) is 14.9. The Morgan fingerprint density at radius 2 is 2.25 bits per heavy atom. The molecule has 2 atom stereocenters. The Labute approximate surface area is 127 Å². The van der Waals surface area contributed by atoms with Crippen LogP contribution in [0.15, 0.2) is 12.3 Å². The lowest BCUT2D eigenvalue weighted by atomic mass is 10.2. The summed E-state index contributed by atoms with van der Waals surface area (Å²) in [6.45, 7) is 1.48. The van der Waals surface area contributed by atoms with Crippen molar-refractivity contribution in [2.75, 3.05) is 38.3 Å².